The van der Waals surface area contributed by atoms with Gasteiger partial charge in [0, 0.05) is 16.7 Å². The van der Waals surface area contributed by atoms with E-state index in [-0.39, 0.29) is 5.56 Å². The summed E-state index contributed by atoms with van der Waals surface area (Å²) < 4.78 is 0. The van der Waals surface area contributed by atoms with Gasteiger partial charge in [-0.2, -0.15) is 0 Å². The quantitative estimate of drug-likeness (QED) is 0.831. The number of aliphatic hydroxyl groups is 1. The summed E-state index contributed by atoms with van der Waals surface area (Å²) in [5, 5.41) is 10.3. The highest BCUT2D eigenvalue weighted by molar-refractivity contribution is 7.99. The van der Waals surface area contributed by atoms with Gasteiger partial charge in [-0.05, 0) is 25.0 Å². The van der Waals surface area contributed by atoms with Gasteiger partial charge in [-0.3, -0.25) is 4.79 Å². The molecule has 2 N–H and O–H groups in total. The third-order valence-corrected chi connectivity index (χ3v) is 3.83. The van der Waals surface area contributed by atoms with Gasteiger partial charge >= 0.3 is 0 Å². The lowest BCUT2D eigenvalue weighted by Crippen LogP contribution is -2.10. The molecule has 20 heavy (non-hydrogen) atoms. The molecule has 0 aliphatic heterocycles. The molecule has 1 unspecified atom stereocenters. The third-order valence-electron chi connectivity index (χ3n) is 2.85. The van der Waals surface area contributed by atoms with E-state index >= 15 is 0 Å². The van der Waals surface area contributed by atoms with Crippen LogP contribution in [0, 0.1) is 0 Å². The average molecular weight is 290 g/mol. The van der Waals surface area contributed by atoms with Crippen LogP contribution in [-0.4, -0.2) is 15.1 Å². The molecular weight excluding hydrogens is 272 g/mol. The maximum absolute atomic E-state index is 11.6. The van der Waals surface area contributed by atoms with Crippen molar-refractivity contribution in [1.82, 2.24) is 9.97 Å². The Morgan fingerprint density at radius 3 is 2.85 bits per heavy atom. The molecule has 0 radical (unpaired) electrons. The zero-order valence-electron chi connectivity index (χ0n) is 11.6. The zero-order chi connectivity index (χ0) is 14.5. The molecule has 1 aromatic carbocycles. The van der Waals surface area contributed by atoms with Gasteiger partial charge in [0.1, 0.15) is 0 Å². The van der Waals surface area contributed by atoms with Gasteiger partial charge in [-0.15, -0.1) is 0 Å². The summed E-state index contributed by atoms with van der Waals surface area (Å²) in [5.41, 5.74) is 1.50. The lowest BCUT2D eigenvalue weighted by atomic mass is 10.1. The SMILES string of the molecule is CCCc1cc(=O)[nH]c(Sc2ccccc2C(C)O)n1. The molecule has 0 aliphatic carbocycles. The molecule has 1 aromatic heterocycles. The van der Waals surface area contributed by atoms with Crippen molar-refractivity contribution in [3.63, 3.8) is 0 Å². The van der Waals surface area contributed by atoms with Crippen molar-refractivity contribution in [2.24, 2.45) is 0 Å². The Labute approximate surface area is 122 Å². The normalized spacial score (nSPS) is 12.3. The smallest absolute Gasteiger partial charge is 0.251 e. The van der Waals surface area contributed by atoms with Crippen molar-refractivity contribution in [3.05, 3.63) is 51.9 Å². The van der Waals surface area contributed by atoms with Crippen LogP contribution in [0.5, 0.6) is 0 Å². The molecule has 0 aliphatic rings. The Bertz CT molecular complexity index is 638. The highest BCUT2D eigenvalue weighted by atomic mass is 32.2. The van der Waals surface area contributed by atoms with Gasteiger partial charge in [0.2, 0.25) is 0 Å². The number of nitrogens with zero attached hydrogens (tertiary/aromatic N) is 1. The van der Waals surface area contributed by atoms with Crippen molar-refractivity contribution >= 4 is 11.8 Å². The van der Waals surface area contributed by atoms with Crippen molar-refractivity contribution in [3.8, 4) is 0 Å². The first-order valence-electron chi connectivity index (χ1n) is 6.65. The topological polar surface area (TPSA) is 66.0 Å². The molecule has 2 aromatic rings. The zero-order valence-corrected chi connectivity index (χ0v) is 12.4. The molecule has 106 valence electrons. The van der Waals surface area contributed by atoms with Crippen molar-refractivity contribution in [2.75, 3.05) is 0 Å². The van der Waals surface area contributed by atoms with Crippen LogP contribution >= 0.6 is 11.8 Å². The number of aliphatic hydroxyl groups excluding tert-OH is 1. The van der Waals surface area contributed by atoms with Gasteiger partial charge in [0.25, 0.3) is 5.56 Å². The molecule has 0 saturated heterocycles. The van der Waals surface area contributed by atoms with Gasteiger partial charge in [0.15, 0.2) is 5.16 Å². The molecule has 4 nitrogen and oxygen atoms in total. The fourth-order valence-corrected chi connectivity index (χ4v) is 2.96. The van der Waals surface area contributed by atoms with Crippen LogP contribution < -0.4 is 5.56 Å². The minimum absolute atomic E-state index is 0.138. The van der Waals surface area contributed by atoms with Crippen LogP contribution in [0.3, 0.4) is 0 Å². The van der Waals surface area contributed by atoms with Crippen LogP contribution in [0.1, 0.15) is 37.6 Å². The van der Waals surface area contributed by atoms with Crippen LogP contribution in [0.15, 0.2) is 45.2 Å². The summed E-state index contributed by atoms with van der Waals surface area (Å²) >= 11 is 1.37. The van der Waals surface area contributed by atoms with E-state index in [1.807, 2.05) is 24.3 Å². The number of benzene rings is 1. The second-order valence-corrected chi connectivity index (χ2v) is 5.64. The second kappa shape index (κ2) is 6.72. The van der Waals surface area contributed by atoms with E-state index in [0.717, 1.165) is 29.0 Å². The van der Waals surface area contributed by atoms with Gasteiger partial charge in [0.05, 0.1) is 6.10 Å². The lowest BCUT2D eigenvalue weighted by Gasteiger charge is -2.11. The van der Waals surface area contributed by atoms with Crippen LogP contribution in [0.2, 0.25) is 0 Å². The van der Waals surface area contributed by atoms with Gasteiger partial charge in [-0.25, -0.2) is 4.98 Å². The maximum atomic E-state index is 11.6. The first-order valence-corrected chi connectivity index (χ1v) is 7.47. The van der Waals surface area contributed by atoms with Crippen molar-refractivity contribution in [2.45, 2.75) is 42.8 Å². The third kappa shape index (κ3) is 3.71. The van der Waals surface area contributed by atoms with E-state index in [0.29, 0.717) is 5.16 Å². The van der Waals surface area contributed by atoms with Crippen molar-refractivity contribution < 1.29 is 5.11 Å². The number of aromatic nitrogens is 2. The summed E-state index contributed by atoms with van der Waals surface area (Å²) in [6.45, 7) is 3.78. The van der Waals surface area contributed by atoms with Crippen LogP contribution in [0.4, 0.5) is 0 Å². The molecule has 0 bridgehead atoms. The van der Waals surface area contributed by atoms with Crippen molar-refractivity contribution in [1.29, 1.82) is 0 Å². The molecule has 0 saturated carbocycles. The summed E-state index contributed by atoms with van der Waals surface area (Å²) in [7, 11) is 0. The summed E-state index contributed by atoms with van der Waals surface area (Å²) in [6.07, 6.45) is 1.18. The standard InChI is InChI=1S/C15H18N2O2S/c1-3-6-11-9-14(19)17-15(16-11)20-13-8-5-4-7-12(13)10(2)18/h4-5,7-10,18H,3,6H2,1-2H3,(H,16,17,19). The Hall–Kier alpha value is -1.59. The molecule has 0 fully saturated rings. The fraction of sp³-hybridized carbons (Fsp3) is 0.333. The highest BCUT2D eigenvalue weighted by Crippen LogP contribution is 2.30. The van der Waals surface area contributed by atoms with E-state index in [4.69, 9.17) is 0 Å². The van der Waals surface area contributed by atoms with Crippen LogP contribution in [0.25, 0.3) is 0 Å². The number of rotatable bonds is 5. The maximum Gasteiger partial charge on any atom is 0.251 e. The Morgan fingerprint density at radius 2 is 2.15 bits per heavy atom. The molecule has 0 amide bonds. The number of aryl methyl sites for hydroxylation is 1. The first-order chi connectivity index (χ1) is 9.60. The average Bonchev–Trinajstić information content (AvgIpc) is 2.38. The molecule has 5 heteroatoms. The predicted octanol–water partition coefficient (Wildman–Crippen LogP) is 2.93. The number of hydrogen-bond donors (Lipinski definition) is 2. The minimum atomic E-state index is -0.552. The number of aromatic amines is 1. The molecular formula is C15H18N2O2S. The number of nitrogens with one attached hydrogen (secondary N) is 1. The first kappa shape index (κ1) is 14.8. The molecule has 0 spiro atoms. The number of hydrogen-bond acceptors (Lipinski definition) is 4. The van der Waals surface area contributed by atoms with E-state index in [1.54, 1.807) is 6.92 Å². The monoisotopic (exact) mass is 290 g/mol. The lowest BCUT2D eigenvalue weighted by molar-refractivity contribution is 0.196. The minimum Gasteiger partial charge on any atom is -0.389 e. The summed E-state index contributed by atoms with van der Waals surface area (Å²) in [6, 6.07) is 9.12. The number of H-pyrrole nitrogens is 1. The van der Waals surface area contributed by atoms with E-state index in [9.17, 15) is 9.90 Å². The van der Waals surface area contributed by atoms with Gasteiger partial charge < -0.3 is 10.1 Å². The highest BCUT2D eigenvalue weighted by Gasteiger charge is 2.10. The molecule has 1 heterocycles. The van der Waals surface area contributed by atoms with E-state index in [2.05, 4.69) is 16.9 Å². The van der Waals surface area contributed by atoms with E-state index in [1.165, 1.54) is 17.8 Å². The largest absolute Gasteiger partial charge is 0.389 e. The Balaban J connectivity index is 2.32. The summed E-state index contributed by atoms with van der Waals surface area (Å²) in [4.78, 5) is 19.7. The second-order valence-electron chi connectivity index (χ2n) is 4.61. The van der Waals surface area contributed by atoms with Crippen LogP contribution in [-0.2, 0) is 6.42 Å². The van der Waals surface area contributed by atoms with E-state index < -0.39 is 6.10 Å². The molecule has 2 rings (SSSR count). The Kier molecular flexibility index (Phi) is 4.98. The fourth-order valence-electron chi connectivity index (χ4n) is 1.94. The van der Waals surface area contributed by atoms with Gasteiger partial charge in [-0.1, -0.05) is 43.3 Å². The predicted molar refractivity (Wildman–Crippen MR) is 80.1 cm³/mol. The molecule has 1 atom stereocenters. The Morgan fingerprint density at radius 1 is 1.40 bits per heavy atom. The summed E-state index contributed by atoms with van der Waals surface area (Å²) in [5.74, 6) is 0.